The van der Waals surface area contributed by atoms with Crippen LogP contribution in [0.1, 0.15) is 30.0 Å². The average Bonchev–Trinajstić information content (AvgIpc) is 3.12. The van der Waals surface area contributed by atoms with Gasteiger partial charge in [-0.3, -0.25) is 24.8 Å². The second-order valence-electron chi connectivity index (χ2n) is 8.61. The van der Waals surface area contributed by atoms with Crippen LogP contribution in [-0.4, -0.2) is 27.4 Å². The molecule has 4 heterocycles. The molecule has 170 valence electrons. The number of fused-ring (bicyclic) bond motifs is 1. The lowest BCUT2D eigenvalue weighted by molar-refractivity contribution is -0.123. The number of rotatable bonds is 8. The molecule has 6 heteroatoms. The van der Waals surface area contributed by atoms with Crippen molar-refractivity contribution < 1.29 is 4.79 Å². The van der Waals surface area contributed by atoms with E-state index in [0.717, 1.165) is 34.5 Å². The molecule has 34 heavy (non-hydrogen) atoms. The van der Waals surface area contributed by atoms with Gasteiger partial charge in [-0.1, -0.05) is 25.1 Å². The van der Waals surface area contributed by atoms with E-state index in [-0.39, 0.29) is 5.91 Å². The van der Waals surface area contributed by atoms with Gasteiger partial charge in [0.25, 0.3) is 5.91 Å². The van der Waals surface area contributed by atoms with Crippen LogP contribution in [0.25, 0.3) is 0 Å². The summed E-state index contributed by atoms with van der Waals surface area (Å²) in [5.74, 6) is 0.0765. The standard InChI is InChI=1S/C28H27N5O/c1-2-19-32(24-11-17-31-18-12-24)33-26-6-4-3-5-25(26)28(27(33)34,20-22-7-13-29-14-8-22)21-23-9-15-30-16-10-23/h3-18H,2,19-21H2,1H3. The fourth-order valence-electron chi connectivity index (χ4n) is 4.90. The van der Waals surface area contributed by atoms with E-state index in [1.165, 1.54) is 0 Å². The number of carbonyl (C=O) groups excluding carboxylic acids is 1. The van der Waals surface area contributed by atoms with Crippen LogP contribution in [0.15, 0.2) is 97.8 Å². The third kappa shape index (κ3) is 3.92. The van der Waals surface area contributed by atoms with Crippen molar-refractivity contribution in [1.82, 2.24) is 15.0 Å². The number of hydrogen-bond donors (Lipinski definition) is 0. The molecule has 4 aromatic rings. The van der Waals surface area contributed by atoms with Gasteiger partial charge in [-0.2, -0.15) is 0 Å². The summed E-state index contributed by atoms with van der Waals surface area (Å²) >= 11 is 0. The van der Waals surface area contributed by atoms with Crippen molar-refractivity contribution >= 4 is 17.3 Å². The normalized spacial score (nSPS) is 14.1. The Morgan fingerprint density at radius 2 is 1.29 bits per heavy atom. The van der Waals surface area contributed by atoms with Crippen LogP contribution in [0, 0.1) is 0 Å². The van der Waals surface area contributed by atoms with Gasteiger partial charge in [-0.05, 0) is 78.4 Å². The molecule has 0 saturated heterocycles. The van der Waals surface area contributed by atoms with E-state index in [2.05, 4.69) is 39.0 Å². The minimum Gasteiger partial charge on any atom is -0.278 e. The average molecular weight is 450 g/mol. The molecular formula is C28H27N5O. The summed E-state index contributed by atoms with van der Waals surface area (Å²) in [6.45, 7) is 2.84. The Labute approximate surface area is 199 Å². The number of amides is 1. The third-order valence-corrected chi connectivity index (χ3v) is 6.40. The maximum absolute atomic E-state index is 14.6. The van der Waals surface area contributed by atoms with Crippen molar-refractivity contribution in [3.63, 3.8) is 0 Å². The van der Waals surface area contributed by atoms with Crippen LogP contribution < -0.4 is 10.0 Å². The highest BCUT2D eigenvalue weighted by Crippen LogP contribution is 2.47. The summed E-state index contributed by atoms with van der Waals surface area (Å²) in [6.07, 6.45) is 12.8. The van der Waals surface area contributed by atoms with Gasteiger partial charge in [0.2, 0.25) is 0 Å². The summed E-state index contributed by atoms with van der Waals surface area (Å²) in [4.78, 5) is 27.2. The molecule has 0 radical (unpaired) electrons. The Bertz CT molecular complexity index is 1210. The lowest BCUT2D eigenvalue weighted by Crippen LogP contribution is -2.52. The van der Waals surface area contributed by atoms with E-state index in [4.69, 9.17) is 0 Å². The van der Waals surface area contributed by atoms with Gasteiger partial charge < -0.3 is 0 Å². The van der Waals surface area contributed by atoms with Crippen LogP contribution in [0.5, 0.6) is 0 Å². The number of para-hydroxylation sites is 1. The summed E-state index contributed by atoms with van der Waals surface area (Å²) in [6, 6.07) is 20.1. The highest BCUT2D eigenvalue weighted by molar-refractivity contribution is 6.10. The molecule has 0 unspecified atom stereocenters. The lowest BCUT2D eigenvalue weighted by atomic mass is 9.72. The Balaban J connectivity index is 1.67. The predicted octanol–water partition coefficient (Wildman–Crippen LogP) is 4.77. The molecule has 1 aromatic carbocycles. The number of nitrogens with zero attached hydrogens (tertiary/aromatic N) is 5. The Hall–Kier alpha value is -4.06. The molecule has 0 bridgehead atoms. The molecule has 0 aliphatic carbocycles. The highest BCUT2D eigenvalue weighted by Gasteiger charge is 2.52. The number of hydrogen-bond acceptors (Lipinski definition) is 5. The summed E-state index contributed by atoms with van der Waals surface area (Å²) in [5, 5.41) is 3.97. The molecule has 1 aliphatic rings. The van der Waals surface area contributed by atoms with Crippen LogP contribution in [-0.2, 0) is 23.1 Å². The largest absolute Gasteiger partial charge is 0.278 e. The van der Waals surface area contributed by atoms with Gasteiger partial charge >= 0.3 is 0 Å². The number of hydrazine groups is 1. The minimum atomic E-state index is -0.752. The number of carbonyl (C=O) groups is 1. The Kier molecular flexibility index (Phi) is 6.04. The SMILES string of the molecule is CCCN(c1ccncc1)N1C(=O)C(Cc2ccncc2)(Cc2ccncc2)c2ccccc21. The zero-order chi connectivity index (χ0) is 23.4. The molecule has 3 aromatic heterocycles. The molecule has 0 spiro atoms. The fraction of sp³-hybridized carbons (Fsp3) is 0.214. The molecule has 0 N–H and O–H groups in total. The van der Waals surface area contributed by atoms with Crippen molar-refractivity contribution in [2.45, 2.75) is 31.6 Å². The zero-order valence-corrected chi connectivity index (χ0v) is 19.2. The van der Waals surface area contributed by atoms with Gasteiger partial charge in [0.05, 0.1) is 16.8 Å². The Morgan fingerprint density at radius 1 is 0.765 bits per heavy atom. The molecule has 5 rings (SSSR count). The minimum absolute atomic E-state index is 0.0765. The number of anilines is 2. The first-order valence-corrected chi connectivity index (χ1v) is 11.6. The van der Waals surface area contributed by atoms with Crippen molar-refractivity contribution in [2.24, 2.45) is 0 Å². The first-order chi connectivity index (χ1) is 16.7. The van der Waals surface area contributed by atoms with Crippen LogP contribution >= 0.6 is 0 Å². The maximum atomic E-state index is 14.6. The summed E-state index contributed by atoms with van der Waals surface area (Å²) < 4.78 is 0. The van der Waals surface area contributed by atoms with Crippen LogP contribution in [0.3, 0.4) is 0 Å². The van der Waals surface area contributed by atoms with Gasteiger partial charge in [0.15, 0.2) is 0 Å². The first kappa shape index (κ1) is 21.8. The monoisotopic (exact) mass is 449 g/mol. The Morgan fingerprint density at radius 3 is 1.85 bits per heavy atom. The number of pyridine rings is 3. The highest BCUT2D eigenvalue weighted by atomic mass is 16.2. The molecule has 0 fully saturated rings. The van der Waals surface area contributed by atoms with Gasteiger partial charge in [0, 0.05) is 43.7 Å². The van der Waals surface area contributed by atoms with E-state index >= 15 is 0 Å². The van der Waals surface area contributed by atoms with Crippen LogP contribution in [0.2, 0.25) is 0 Å². The zero-order valence-electron chi connectivity index (χ0n) is 19.2. The fourth-order valence-corrected chi connectivity index (χ4v) is 4.90. The van der Waals surface area contributed by atoms with Crippen LogP contribution in [0.4, 0.5) is 11.4 Å². The van der Waals surface area contributed by atoms with Gasteiger partial charge in [-0.15, -0.1) is 0 Å². The number of aromatic nitrogens is 3. The first-order valence-electron chi connectivity index (χ1n) is 11.6. The molecule has 6 nitrogen and oxygen atoms in total. The number of benzene rings is 1. The topological polar surface area (TPSA) is 62.2 Å². The van der Waals surface area contributed by atoms with E-state index in [9.17, 15) is 4.79 Å². The summed E-state index contributed by atoms with van der Waals surface area (Å²) in [5.41, 5.74) is 4.34. The van der Waals surface area contributed by atoms with Crippen molar-refractivity contribution in [1.29, 1.82) is 0 Å². The second-order valence-corrected chi connectivity index (χ2v) is 8.61. The van der Waals surface area contributed by atoms with Crippen molar-refractivity contribution in [2.75, 3.05) is 16.6 Å². The van der Waals surface area contributed by atoms with Crippen molar-refractivity contribution in [3.8, 4) is 0 Å². The molecule has 1 amide bonds. The van der Waals surface area contributed by atoms with E-state index in [1.54, 1.807) is 37.2 Å². The van der Waals surface area contributed by atoms with Gasteiger partial charge in [-0.25, -0.2) is 5.01 Å². The van der Waals surface area contributed by atoms with E-state index < -0.39 is 5.41 Å². The predicted molar refractivity (Wildman–Crippen MR) is 133 cm³/mol. The third-order valence-electron chi connectivity index (χ3n) is 6.40. The smallest absolute Gasteiger partial charge is 0.257 e. The van der Waals surface area contributed by atoms with E-state index in [0.29, 0.717) is 19.4 Å². The second kappa shape index (κ2) is 9.43. The molecule has 1 aliphatic heterocycles. The lowest BCUT2D eigenvalue weighted by Gasteiger charge is -2.36. The molecule has 0 atom stereocenters. The maximum Gasteiger partial charge on any atom is 0.257 e. The molecular weight excluding hydrogens is 422 g/mol. The quantitative estimate of drug-likeness (QED) is 0.388. The van der Waals surface area contributed by atoms with E-state index in [1.807, 2.05) is 53.5 Å². The van der Waals surface area contributed by atoms with Crippen molar-refractivity contribution in [3.05, 3.63) is 115 Å². The molecule has 0 saturated carbocycles. The van der Waals surface area contributed by atoms with Gasteiger partial charge in [0.1, 0.15) is 0 Å². The summed E-state index contributed by atoms with van der Waals surface area (Å²) in [7, 11) is 0.